The van der Waals surface area contributed by atoms with Gasteiger partial charge in [0.1, 0.15) is 12.1 Å². The highest BCUT2D eigenvalue weighted by Gasteiger charge is 2.30. The number of rotatable bonds is 3. The molecule has 0 amide bonds. The Balaban J connectivity index is 1.68. The molecule has 5 nitrogen and oxygen atoms in total. The summed E-state index contributed by atoms with van der Waals surface area (Å²) in [6.07, 6.45) is 2.56. The van der Waals surface area contributed by atoms with Crippen LogP contribution in [0.2, 0.25) is 0 Å². The number of nitrogens with zero attached hydrogens (tertiary/aromatic N) is 3. The van der Waals surface area contributed by atoms with Crippen LogP contribution in [-0.4, -0.2) is 21.9 Å². The number of nitrogens with one attached hydrogen (secondary N) is 1. The molecule has 0 unspecified atom stereocenters. The maximum absolute atomic E-state index is 5.24. The first-order chi connectivity index (χ1) is 10.8. The fraction of sp³-hybridized carbons (Fsp3) is 0.250. The number of fused-ring (bicyclic) bond motifs is 1. The van der Waals surface area contributed by atoms with Crippen LogP contribution in [0.3, 0.4) is 0 Å². The van der Waals surface area contributed by atoms with Crippen molar-refractivity contribution in [2.24, 2.45) is 0 Å². The van der Waals surface area contributed by atoms with Crippen molar-refractivity contribution < 1.29 is 4.74 Å². The summed E-state index contributed by atoms with van der Waals surface area (Å²) in [7, 11) is 1.68. The quantitative estimate of drug-likeness (QED) is 0.804. The van der Waals surface area contributed by atoms with E-state index >= 15 is 0 Å². The van der Waals surface area contributed by atoms with Gasteiger partial charge in [-0.25, -0.2) is 4.68 Å². The number of methoxy groups -OCH3 is 1. The van der Waals surface area contributed by atoms with Crippen LogP contribution in [0.1, 0.15) is 28.9 Å². The van der Waals surface area contributed by atoms with Crippen molar-refractivity contribution in [3.63, 3.8) is 0 Å². The number of hydrogen-bond acceptors (Lipinski definition) is 5. The number of anilines is 1. The van der Waals surface area contributed by atoms with Gasteiger partial charge in [0.05, 0.1) is 19.2 Å². The maximum atomic E-state index is 5.24. The molecule has 6 heteroatoms. The lowest BCUT2D eigenvalue weighted by Crippen LogP contribution is -2.27. The molecule has 2 aromatic heterocycles. The first-order valence-corrected chi connectivity index (χ1v) is 8.06. The third-order valence-corrected chi connectivity index (χ3v) is 4.99. The Hall–Kier alpha value is -2.34. The molecule has 4 rings (SSSR count). The zero-order valence-electron chi connectivity index (χ0n) is 12.1. The van der Waals surface area contributed by atoms with Crippen LogP contribution in [-0.2, 0) is 0 Å². The normalized spacial score (nSPS) is 20.2. The predicted octanol–water partition coefficient (Wildman–Crippen LogP) is 3.49. The van der Waals surface area contributed by atoms with Gasteiger partial charge in [0.2, 0.25) is 5.95 Å². The Bertz CT molecular complexity index is 751. The SMILES string of the molecule is COc1ccc([C@H]2C[C@@H](c3cccs3)n3ncnc3N2)cc1. The van der Waals surface area contributed by atoms with Gasteiger partial charge in [-0.05, 0) is 35.6 Å². The van der Waals surface area contributed by atoms with E-state index in [0.29, 0.717) is 0 Å². The molecule has 1 aliphatic heterocycles. The number of ether oxygens (including phenoxy) is 1. The number of aromatic nitrogens is 3. The molecule has 1 aliphatic rings. The minimum absolute atomic E-state index is 0.217. The van der Waals surface area contributed by atoms with Gasteiger partial charge in [-0.15, -0.1) is 11.3 Å². The lowest BCUT2D eigenvalue weighted by Gasteiger charge is -2.31. The van der Waals surface area contributed by atoms with Gasteiger partial charge in [-0.1, -0.05) is 18.2 Å². The average Bonchev–Trinajstić information content (AvgIpc) is 3.25. The molecule has 0 fully saturated rings. The Morgan fingerprint density at radius 3 is 2.86 bits per heavy atom. The van der Waals surface area contributed by atoms with Crippen molar-refractivity contribution in [3.05, 3.63) is 58.5 Å². The summed E-state index contributed by atoms with van der Waals surface area (Å²) in [5.41, 5.74) is 1.23. The van der Waals surface area contributed by atoms with E-state index in [1.807, 2.05) is 16.8 Å². The van der Waals surface area contributed by atoms with Crippen LogP contribution in [0.4, 0.5) is 5.95 Å². The molecule has 0 spiro atoms. The van der Waals surface area contributed by atoms with E-state index in [0.717, 1.165) is 18.1 Å². The Morgan fingerprint density at radius 2 is 2.14 bits per heavy atom. The Labute approximate surface area is 132 Å². The molecule has 22 heavy (non-hydrogen) atoms. The van der Waals surface area contributed by atoms with Crippen molar-refractivity contribution in [1.82, 2.24) is 14.8 Å². The summed E-state index contributed by atoms with van der Waals surface area (Å²) >= 11 is 1.76. The summed E-state index contributed by atoms with van der Waals surface area (Å²) in [4.78, 5) is 5.66. The molecule has 0 saturated heterocycles. The van der Waals surface area contributed by atoms with Gasteiger partial charge in [0.25, 0.3) is 0 Å². The molecule has 3 aromatic rings. The lowest BCUT2D eigenvalue weighted by atomic mass is 9.97. The molecule has 1 N–H and O–H groups in total. The van der Waals surface area contributed by atoms with E-state index in [4.69, 9.17) is 4.74 Å². The van der Waals surface area contributed by atoms with Crippen molar-refractivity contribution in [2.45, 2.75) is 18.5 Å². The average molecular weight is 312 g/mol. The van der Waals surface area contributed by atoms with Crippen molar-refractivity contribution >= 4 is 17.3 Å². The summed E-state index contributed by atoms with van der Waals surface area (Å²) in [6.45, 7) is 0. The first kappa shape index (κ1) is 13.3. The predicted molar refractivity (Wildman–Crippen MR) is 86.5 cm³/mol. The molecular formula is C16H16N4OS. The third-order valence-electron chi connectivity index (χ3n) is 4.02. The second-order valence-corrected chi connectivity index (χ2v) is 6.24. The molecule has 0 saturated carbocycles. The van der Waals surface area contributed by atoms with Gasteiger partial charge in [0, 0.05) is 4.88 Å². The van der Waals surface area contributed by atoms with Gasteiger partial charge in [-0.3, -0.25) is 0 Å². The van der Waals surface area contributed by atoms with Crippen LogP contribution in [0.5, 0.6) is 5.75 Å². The monoisotopic (exact) mass is 312 g/mol. The largest absolute Gasteiger partial charge is 0.497 e. The Morgan fingerprint density at radius 1 is 1.27 bits per heavy atom. The highest BCUT2D eigenvalue weighted by atomic mass is 32.1. The topological polar surface area (TPSA) is 52.0 Å². The fourth-order valence-electron chi connectivity index (χ4n) is 2.89. The smallest absolute Gasteiger partial charge is 0.222 e. The summed E-state index contributed by atoms with van der Waals surface area (Å²) < 4.78 is 7.21. The van der Waals surface area contributed by atoms with Gasteiger partial charge < -0.3 is 10.1 Å². The van der Waals surface area contributed by atoms with E-state index in [1.165, 1.54) is 10.4 Å². The maximum Gasteiger partial charge on any atom is 0.222 e. The highest BCUT2D eigenvalue weighted by molar-refractivity contribution is 7.10. The van der Waals surface area contributed by atoms with E-state index in [2.05, 4.69) is 45.0 Å². The molecule has 3 heterocycles. The van der Waals surface area contributed by atoms with Crippen LogP contribution < -0.4 is 10.1 Å². The van der Waals surface area contributed by atoms with E-state index in [1.54, 1.807) is 24.8 Å². The molecule has 2 atom stereocenters. The summed E-state index contributed by atoms with van der Waals surface area (Å²) in [6, 6.07) is 12.9. The van der Waals surface area contributed by atoms with E-state index in [-0.39, 0.29) is 12.1 Å². The number of thiophene rings is 1. The van der Waals surface area contributed by atoms with E-state index < -0.39 is 0 Å². The second kappa shape index (κ2) is 5.46. The second-order valence-electron chi connectivity index (χ2n) is 5.27. The third kappa shape index (κ3) is 2.25. The van der Waals surface area contributed by atoms with Crippen LogP contribution >= 0.6 is 11.3 Å². The van der Waals surface area contributed by atoms with Crippen LogP contribution in [0, 0.1) is 0 Å². The van der Waals surface area contributed by atoms with Crippen molar-refractivity contribution in [3.8, 4) is 5.75 Å². The zero-order valence-corrected chi connectivity index (χ0v) is 13.0. The standard InChI is InChI=1S/C16H16N4OS/c1-21-12-6-4-11(5-7-12)13-9-14(15-3-2-8-22-15)20-16(19-13)17-10-18-20/h2-8,10,13-14H,9H2,1H3,(H,17,18,19)/t13-,14+/m1/s1. The fourth-order valence-corrected chi connectivity index (χ4v) is 3.72. The van der Waals surface area contributed by atoms with Crippen molar-refractivity contribution in [1.29, 1.82) is 0 Å². The first-order valence-electron chi connectivity index (χ1n) is 7.18. The van der Waals surface area contributed by atoms with E-state index in [9.17, 15) is 0 Å². The summed E-state index contributed by atoms with van der Waals surface area (Å²) in [5.74, 6) is 1.70. The van der Waals surface area contributed by atoms with Gasteiger partial charge >= 0.3 is 0 Å². The molecular weight excluding hydrogens is 296 g/mol. The Kier molecular flexibility index (Phi) is 3.31. The summed E-state index contributed by atoms with van der Waals surface area (Å²) in [5, 5.41) is 9.96. The number of hydrogen-bond donors (Lipinski definition) is 1. The minimum Gasteiger partial charge on any atom is -0.497 e. The molecule has 0 aliphatic carbocycles. The van der Waals surface area contributed by atoms with Gasteiger partial charge in [0.15, 0.2) is 0 Å². The molecule has 112 valence electrons. The molecule has 1 aromatic carbocycles. The minimum atomic E-state index is 0.217. The van der Waals surface area contributed by atoms with Crippen LogP contribution in [0.25, 0.3) is 0 Å². The number of benzene rings is 1. The van der Waals surface area contributed by atoms with Gasteiger partial charge in [-0.2, -0.15) is 10.1 Å². The van der Waals surface area contributed by atoms with Crippen molar-refractivity contribution in [2.75, 3.05) is 12.4 Å². The highest BCUT2D eigenvalue weighted by Crippen LogP contribution is 2.38. The van der Waals surface area contributed by atoms with Crippen LogP contribution in [0.15, 0.2) is 48.1 Å². The lowest BCUT2D eigenvalue weighted by molar-refractivity contribution is 0.413. The molecule has 0 radical (unpaired) electrons. The zero-order chi connectivity index (χ0) is 14.9. The molecule has 0 bridgehead atoms.